The lowest BCUT2D eigenvalue weighted by atomic mass is 10.1. The molecule has 1 aromatic carbocycles. The number of hydrogen-bond donors (Lipinski definition) is 1. The second-order valence-electron chi connectivity index (χ2n) is 5.23. The number of thiazole rings is 1. The molecule has 2 heterocycles. The lowest BCUT2D eigenvalue weighted by Gasteiger charge is -2.04. The molecule has 0 radical (unpaired) electrons. The Bertz CT molecular complexity index is 853. The minimum atomic E-state index is -0.630. The lowest BCUT2D eigenvalue weighted by Crippen LogP contribution is -2.26. The fourth-order valence-corrected chi connectivity index (χ4v) is 2.97. The van der Waals surface area contributed by atoms with Gasteiger partial charge in [0.1, 0.15) is 23.1 Å². The van der Waals surface area contributed by atoms with Crippen molar-refractivity contribution in [3.63, 3.8) is 0 Å². The first-order chi connectivity index (χ1) is 11.5. The summed E-state index contributed by atoms with van der Waals surface area (Å²) in [5.74, 6) is -0.207. The normalized spacial score (nSPS) is 10.8. The number of carbonyl (C=O) groups is 1. The standard InChI is InChI=1S/C17H14F2N2O2S/c1-10-2-3-15(23-10)17-21-14(9-24-17)16(22)20-5-4-11-6-12(18)8-13(19)7-11/h2-3,6-9H,4-5H2,1H3,(H,20,22). The molecule has 1 N–H and O–H groups in total. The Kier molecular flexibility index (Phi) is 4.71. The summed E-state index contributed by atoms with van der Waals surface area (Å²) in [5.41, 5.74) is 0.771. The van der Waals surface area contributed by atoms with Crippen LogP contribution in [0.5, 0.6) is 0 Å². The fourth-order valence-electron chi connectivity index (χ4n) is 2.21. The summed E-state index contributed by atoms with van der Waals surface area (Å²) < 4.78 is 31.7. The maximum Gasteiger partial charge on any atom is 0.270 e. The first-order valence-corrected chi connectivity index (χ1v) is 8.15. The average Bonchev–Trinajstić information content (AvgIpc) is 3.14. The summed E-state index contributed by atoms with van der Waals surface area (Å²) in [6.45, 7) is 2.09. The number of rotatable bonds is 5. The molecule has 0 atom stereocenters. The highest BCUT2D eigenvalue weighted by Crippen LogP contribution is 2.25. The number of nitrogens with one attached hydrogen (secondary N) is 1. The zero-order valence-electron chi connectivity index (χ0n) is 12.8. The molecule has 1 amide bonds. The Hall–Kier alpha value is -2.54. The molecule has 0 aliphatic carbocycles. The van der Waals surface area contributed by atoms with Crippen LogP contribution in [0.1, 0.15) is 21.8 Å². The molecule has 0 spiro atoms. The van der Waals surface area contributed by atoms with Crippen molar-refractivity contribution in [2.45, 2.75) is 13.3 Å². The van der Waals surface area contributed by atoms with Crippen LogP contribution in [-0.2, 0) is 6.42 Å². The van der Waals surface area contributed by atoms with E-state index in [4.69, 9.17) is 4.42 Å². The number of aryl methyl sites for hydroxylation is 1. The second kappa shape index (κ2) is 6.92. The van der Waals surface area contributed by atoms with Crippen molar-refractivity contribution in [2.24, 2.45) is 0 Å². The van der Waals surface area contributed by atoms with Gasteiger partial charge in [-0.2, -0.15) is 0 Å². The van der Waals surface area contributed by atoms with Gasteiger partial charge in [0, 0.05) is 18.0 Å². The third-order valence-electron chi connectivity index (χ3n) is 3.31. The molecule has 4 nitrogen and oxygen atoms in total. The summed E-state index contributed by atoms with van der Waals surface area (Å²) in [7, 11) is 0. The summed E-state index contributed by atoms with van der Waals surface area (Å²) in [4.78, 5) is 16.3. The number of hydrogen-bond acceptors (Lipinski definition) is 4. The molecule has 0 saturated carbocycles. The molecule has 0 aliphatic heterocycles. The van der Waals surface area contributed by atoms with Gasteiger partial charge in [-0.05, 0) is 43.2 Å². The molecule has 0 aliphatic rings. The van der Waals surface area contributed by atoms with E-state index in [1.807, 2.05) is 13.0 Å². The summed E-state index contributed by atoms with van der Waals surface area (Å²) in [6.07, 6.45) is 0.328. The zero-order chi connectivity index (χ0) is 17.1. The van der Waals surface area contributed by atoms with E-state index in [9.17, 15) is 13.6 Å². The summed E-state index contributed by atoms with van der Waals surface area (Å²) in [5, 5.41) is 4.95. The van der Waals surface area contributed by atoms with Crippen molar-refractivity contribution in [3.8, 4) is 10.8 Å². The van der Waals surface area contributed by atoms with E-state index >= 15 is 0 Å². The topological polar surface area (TPSA) is 55.1 Å². The van der Waals surface area contributed by atoms with Crippen LogP contribution < -0.4 is 5.32 Å². The van der Waals surface area contributed by atoms with Gasteiger partial charge >= 0.3 is 0 Å². The quantitative estimate of drug-likeness (QED) is 0.759. The van der Waals surface area contributed by atoms with Gasteiger partial charge in [0.15, 0.2) is 10.8 Å². The van der Waals surface area contributed by atoms with Crippen molar-refractivity contribution in [2.75, 3.05) is 6.54 Å². The largest absolute Gasteiger partial charge is 0.459 e. The van der Waals surface area contributed by atoms with Gasteiger partial charge in [0.2, 0.25) is 0 Å². The highest BCUT2D eigenvalue weighted by atomic mass is 32.1. The SMILES string of the molecule is Cc1ccc(-c2nc(C(=O)NCCc3cc(F)cc(F)c3)cs2)o1. The van der Waals surface area contributed by atoms with Crippen LogP contribution >= 0.6 is 11.3 Å². The monoisotopic (exact) mass is 348 g/mol. The molecule has 0 bridgehead atoms. The molecule has 2 aromatic heterocycles. The Morgan fingerprint density at radius 3 is 2.67 bits per heavy atom. The van der Waals surface area contributed by atoms with E-state index in [1.54, 1.807) is 11.4 Å². The van der Waals surface area contributed by atoms with E-state index < -0.39 is 11.6 Å². The Morgan fingerprint density at radius 1 is 1.25 bits per heavy atom. The van der Waals surface area contributed by atoms with Crippen molar-refractivity contribution < 1.29 is 18.0 Å². The molecule has 3 aromatic rings. The molecule has 7 heteroatoms. The minimum Gasteiger partial charge on any atom is -0.459 e. The fraction of sp³-hybridized carbons (Fsp3) is 0.176. The maximum atomic E-state index is 13.1. The molecule has 0 saturated heterocycles. The Morgan fingerprint density at radius 2 is 2.00 bits per heavy atom. The summed E-state index contributed by atoms with van der Waals surface area (Å²) >= 11 is 1.31. The number of aromatic nitrogens is 1. The van der Waals surface area contributed by atoms with Crippen LogP contribution in [0, 0.1) is 18.6 Å². The summed E-state index contributed by atoms with van der Waals surface area (Å²) in [6, 6.07) is 6.93. The first kappa shape index (κ1) is 16.3. The zero-order valence-corrected chi connectivity index (χ0v) is 13.6. The second-order valence-corrected chi connectivity index (χ2v) is 6.09. The van der Waals surface area contributed by atoms with E-state index in [0.717, 1.165) is 11.8 Å². The van der Waals surface area contributed by atoms with Crippen molar-refractivity contribution in [1.82, 2.24) is 10.3 Å². The van der Waals surface area contributed by atoms with Crippen LogP contribution in [0.4, 0.5) is 8.78 Å². The number of amides is 1. The van der Waals surface area contributed by atoms with E-state index in [-0.39, 0.29) is 18.1 Å². The van der Waals surface area contributed by atoms with Crippen LogP contribution in [0.25, 0.3) is 10.8 Å². The van der Waals surface area contributed by atoms with Crippen molar-refractivity contribution >= 4 is 17.2 Å². The van der Waals surface area contributed by atoms with Crippen molar-refractivity contribution in [3.05, 3.63) is 64.4 Å². The molecular weight excluding hydrogens is 334 g/mol. The Labute approximate surface area is 141 Å². The van der Waals surface area contributed by atoms with Gasteiger partial charge in [-0.1, -0.05) is 0 Å². The van der Waals surface area contributed by atoms with E-state index in [2.05, 4.69) is 10.3 Å². The number of halogens is 2. The third kappa shape index (κ3) is 3.86. The molecule has 0 unspecified atom stereocenters. The van der Waals surface area contributed by atoms with Crippen LogP contribution in [-0.4, -0.2) is 17.4 Å². The van der Waals surface area contributed by atoms with Gasteiger partial charge in [-0.15, -0.1) is 11.3 Å². The van der Waals surface area contributed by atoms with E-state index in [0.29, 0.717) is 22.8 Å². The van der Waals surface area contributed by atoms with Gasteiger partial charge in [-0.25, -0.2) is 13.8 Å². The average molecular weight is 348 g/mol. The number of nitrogens with zero attached hydrogens (tertiary/aromatic N) is 1. The van der Waals surface area contributed by atoms with Crippen LogP contribution in [0.3, 0.4) is 0 Å². The molecule has 0 fully saturated rings. The Balaban J connectivity index is 1.58. The predicted octanol–water partition coefficient (Wildman–Crippen LogP) is 3.96. The maximum absolute atomic E-state index is 13.1. The van der Waals surface area contributed by atoms with Gasteiger partial charge in [-0.3, -0.25) is 4.79 Å². The van der Waals surface area contributed by atoms with Gasteiger partial charge < -0.3 is 9.73 Å². The minimum absolute atomic E-state index is 0.258. The van der Waals surface area contributed by atoms with E-state index in [1.165, 1.54) is 23.5 Å². The smallest absolute Gasteiger partial charge is 0.270 e. The van der Waals surface area contributed by atoms with Crippen molar-refractivity contribution in [1.29, 1.82) is 0 Å². The molecule has 124 valence electrons. The first-order valence-electron chi connectivity index (χ1n) is 7.27. The van der Waals surface area contributed by atoms with Crippen LogP contribution in [0.2, 0.25) is 0 Å². The molecule has 24 heavy (non-hydrogen) atoms. The lowest BCUT2D eigenvalue weighted by molar-refractivity contribution is 0.0950. The highest BCUT2D eigenvalue weighted by molar-refractivity contribution is 7.13. The number of benzene rings is 1. The van der Waals surface area contributed by atoms with Crippen LogP contribution in [0.15, 0.2) is 40.1 Å². The molecule has 3 rings (SSSR count). The number of carbonyl (C=O) groups excluding carboxylic acids is 1. The predicted molar refractivity (Wildman–Crippen MR) is 86.9 cm³/mol. The third-order valence-corrected chi connectivity index (χ3v) is 4.17. The van der Waals surface area contributed by atoms with Gasteiger partial charge in [0.05, 0.1) is 0 Å². The highest BCUT2D eigenvalue weighted by Gasteiger charge is 2.13. The molecular formula is C17H14F2N2O2S. The van der Waals surface area contributed by atoms with Gasteiger partial charge in [0.25, 0.3) is 5.91 Å². The number of furan rings is 1.